The van der Waals surface area contributed by atoms with Gasteiger partial charge in [0.2, 0.25) is 5.91 Å². The minimum absolute atomic E-state index is 0.00221. The molecule has 0 bridgehead atoms. The highest BCUT2D eigenvalue weighted by Crippen LogP contribution is 2.42. The highest BCUT2D eigenvalue weighted by Gasteiger charge is 2.54. The van der Waals surface area contributed by atoms with Gasteiger partial charge in [0.15, 0.2) is 0 Å². The van der Waals surface area contributed by atoms with Crippen LogP contribution in [0.3, 0.4) is 0 Å². The predicted molar refractivity (Wildman–Crippen MR) is 111 cm³/mol. The highest BCUT2D eigenvalue weighted by atomic mass is 16.3. The smallest absolute Gasteiger partial charge is 0.318 e. The van der Waals surface area contributed by atoms with Crippen molar-refractivity contribution in [2.75, 3.05) is 40.3 Å². The number of benzene rings is 1. The molecule has 0 saturated carbocycles. The fourth-order valence-corrected chi connectivity index (χ4v) is 4.08. The Bertz CT molecular complexity index is 810. The molecule has 2 N–H and O–H groups in total. The van der Waals surface area contributed by atoms with Gasteiger partial charge in [-0.1, -0.05) is 24.0 Å². The van der Waals surface area contributed by atoms with Crippen molar-refractivity contribution in [1.29, 1.82) is 0 Å². The number of urea groups is 1. The van der Waals surface area contributed by atoms with E-state index in [9.17, 15) is 14.7 Å². The maximum Gasteiger partial charge on any atom is 0.318 e. The third kappa shape index (κ3) is 4.55. The zero-order valence-electron chi connectivity index (χ0n) is 17.6. The highest BCUT2D eigenvalue weighted by molar-refractivity contribution is 5.87. The van der Waals surface area contributed by atoms with E-state index in [1.54, 1.807) is 9.80 Å². The molecule has 2 aliphatic rings. The van der Waals surface area contributed by atoms with Gasteiger partial charge in [-0.3, -0.25) is 9.69 Å². The summed E-state index contributed by atoms with van der Waals surface area (Å²) in [6.07, 6.45) is 0. The average Bonchev–Trinajstić information content (AvgIpc) is 2.63. The predicted octanol–water partition coefficient (Wildman–Crippen LogP) is 0.689. The van der Waals surface area contributed by atoms with Gasteiger partial charge < -0.3 is 20.2 Å². The average molecular weight is 399 g/mol. The zero-order valence-corrected chi connectivity index (χ0v) is 17.6. The summed E-state index contributed by atoms with van der Waals surface area (Å²) in [7, 11) is 3.96. The van der Waals surface area contributed by atoms with E-state index in [0.717, 1.165) is 11.1 Å². The summed E-state index contributed by atoms with van der Waals surface area (Å²) in [5.74, 6) is 6.15. The SMILES string of the molecule is CC(C)NC(=O)N1CC(=O)N2[C@H](CO)[C@H](c3ccc(C#CCN(C)C)cc3)[C@@H]2C1. The number of aliphatic hydroxyl groups is 1. The molecular formula is C22H30N4O3. The van der Waals surface area contributed by atoms with E-state index in [1.807, 2.05) is 57.1 Å². The Kier molecular flexibility index (Phi) is 6.46. The summed E-state index contributed by atoms with van der Waals surface area (Å²) >= 11 is 0. The van der Waals surface area contributed by atoms with Gasteiger partial charge in [-0.05, 0) is 45.6 Å². The molecule has 1 aromatic carbocycles. The monoisotopic (exact) mass is 398 g/mol. The van der Waals surface area contributed by atoms with E-state index in [2.05, 4.69) is 17.2 Å². The number of piperazine rings is 1. The molecule has 2 saturated heterocycles. The van der Waals surface area contributed by atoms with Crippen LogP contribution in [0.1, 0.15) is 30.9 Å². The minimum Gasteiger partial charge on any atom is -0.394 e. The lowest BCUT2D eigenvalue weighted by Gasteiger charge is -2.58. The van der Waals surface area contributed by atoms with Crippen LogP contribution in [0, 0.1) is 11.8 Å². The standard InChI is InChI=1S/C22H30N4O3/c1-15(2)23-22(29)25-12-18-21(19(14-27)26(18)20(28)13-25)17-9-7-16(8-10-17)6-5-11-24(3)4/h7-10,15,18-19,21,27H,11-14H2,1-4H3,(H,23,29)/t18-,19+,21+/m0/s1. The summed E-state index contributed by atoms with van der Waals surface area (Å²) in [4.78, 5) is 30.3. The van der Waals surface area contributed by atoms with E-state index in [0.29, 0.717) is 13.1 Å². The van der Waals surface area contributed by atoms with E-state index in [-0.39, 0.29) is 49.1 Å². The second-order valence-electron chi connectivity index (χ2n) is 8.29. The summed E-state index contributed by atoms with van der Waals surface area (Å²) < 4.78 is 0. The summed E-state index contributed by atoms with van der Waals surface area (Å²) in [5.41, 5.74) is 1.99. The number of carbonyl (C=O) groups is 2. The third-order valence-electron chi connectivity index (χ3n) is 5.38. The lowest BCUT2D eigenvalue weighted by molar-refractivity contribution is -0.159. The molecule has 7 heteroatoms. The molecule has 0 aliphatic carbocycles. The largest absolute Gasteiger partial charge is 0.394 e. The molecule has 3 rings (SSSR count). The Labute approximate surface area is 172 Å². The first kappa shape index (κ1) is 21.2. The van der Waals surface area contributed by atoms with Gasteiger partial charge in [0, 0.05) is 24.1 Å². The van der Waals surface area contributed by atoms with Crippen LogP contribution < -0.4 is 5.32 Å². The lowest BCUT2D eigenvalue weighted by atomic mass is 9.73. The van der Waals surface area contributed by atoms with Gasteiger partial charge in [-0.15, -0.1) is 0 Å². The van der Waals surface area contributed by atoms with Crippen molar-refractivity contribution in [2.24, 2.45) is 0 Å². The molecule has 2 aliphatic heterocycles. The molecule has 0 spiro atoms. The van der Waals surface area contributed by atoms with Gasteiger partial charge in [0.1, 0.15) is 6.54 Å². The first-order valence-corrected chi connectivity index (χ1v) is 10.0. The number of hydrogen-bond donors (Lipinski definition) is 2. The van der Waals surface area contributed by atoms with Crippen LogP contribution in [0.25, 0.3) is 0 Å². The van der Waals surface area contributed by atoms with E-state index < -0.39 is 0 Å². The molecule has 2 heterocycles. The Morgan fingerprint density at radius 2 is 2.00 bits per heavy atom. The van der Waals surface area contributed by atoms with E-state index in [4.69, 9.17) is 0 Å². The fraction of sp³-hybridized carbons (Fsp3) is 0.545. The number of fused-ring (bicyclic) bond motifs is 1. The number of carbonyl (C=O) groups excluding carboxylic acids is 2. The summed E-state index contributed by atoms with van der Waals surface area (Å²) in [6.45, 7) is 4.92. The quantitative estimate of drug-likeness (QED) is 0.732. The minimum atomic E-state index is -0.242. The topological polar surface area (TPSA) is 76.1 Å². The molecule has 7 nitrogen and oxygen atoms in total. The zero-order chi connectivity index (χ0) is 21.1. The van der Waals surface area contributed by atoms with Crippen molar-refractivity contribution in [3.05, 3.63) is 35.4 Å². The molecular weight excluding hydrogens is 368 g/mol. The Morgan fingerprint density at radius 1 is 1.31 bits per heavy atom. The molecule has 0 radical (unpaired) electrons. The van der Waals surface area contributed by atoms with Gasteiger partial charge in [-0.2, -0.15) is 0 Å². The second-order valence-corrected chi connectivity index (χ2v) is 8.29. The number of rotatable bonds is 4. The Morgan fingerprint density at radius 3 is 2.59 bits per heavy atom. The maximum absolute atomic E-state index is 12.6. The lowest BCUT2D eigenvalue weighted by Crippen LogP contribution is -2.74. The molecule has 3 atom stereocenters. The van der Waals surface area contributed by atoms with Crippen molar-refractivity contribution < 1.29 is 14.7 Å². The molecule has 156 valence electrons. The van der Waals surface area contributed by atoms with Crippen molar-refractivity contribution in [3.8, 4) is 11.8 Å². The van der Waals surface area contributed by atoms with Gasteiger partial charge in [-0.25, -0.2) is 4.79 Å². The van der Waals surface area contributed by atoms with Crippen LogP contribution in [-0.2, 0) is 4.79 Å². The third-order valence-corrected chi connectivity index (χ3v) is 5.38. The second kappa shape index (κ2) is 8.85. The van der Waals surface area contributed by atoms with Crippen LogP contribution in [0.2, 0.25) is 0 Å². The number of aliphatic hydroxyl groups excluding tert-OH is 1. The maximum atomic E-state index is 12.6. The summed E-state index contributed by atoms with van der Waals surface area (Å²) in [6, 6.07) is 7.42. The first-order valence-electron chi connectivity index (χ1n) is 10.0. The van der Waals surface area contributed by atoms with Crippen molar-refractivity contribution in [1.82, 2.24) is 20.0 Å². The Balaban J connectivity index is 1.75. The number of nitrogens with zero attached hydrogens (tertiary/aromatic N) is 3. The van der Waals surface area contributed by atoms with Crippen LogP contribution in [0.15, 0.2) is 24.3 Å². The molecule has 3 amide bonds. The molecule has 29 heavy (non-hydrogen) atoms. The van der Waals surface area contributed by atoms with Gasteiger partial charge in [0.05, 0.1) is 25.2 Å². The number of nitrogens with one attached hydrogen (secondary N) is 1. The van der Waals surface area contributed by atoms with Crippen molar-refractivity contribution >= 4 is 11.9 Å². The molecule has 0 unspecified atom stereocenters. The Hall–Kier alpha value is -2.56. The van der Waals surface area contributed by atoms with Crippen molar-refractivity contribution in [2.45, 2.75) is 37.9 Å². The van der Waals surface area contributed by atoms with Crippen molar-refractivity contribution in [3.63, 3.8) is 0 Å². The van der Waals surface area contributed by atoms with Crippen LogP contribution >= 0.6 is 0 Å². The molecule has 0 aromatic heterocycles. The normalized spacial score (nSPS) is 23.4. The molecule has 1 aromatic rings. The first-order chi connectivity index (χ1) is 13.8. The number of amides is 3. The van der Waals surface area contributed by atoms with Gasteiger partial charge in [0.25, 0.3) is 0 Å². The van der Waals surface area contributed by atoms with Gasteiger partial charge >= 0.3 is 6.03 Å². The fourth-order valence-electron chi connectivity index (χ4n) is 4.08. The summed E-state index contributed by atoms with van der Waals surface area (Å²) in [5, 5.41) is 12.7. The van der Waals surface area contributed by atoms with Crippen LogP contribution in [0.4, 0.5) is 4.79 Å². The molecule has 2 fully saturated rings. The van der Waals surface area contributed by atoms with Crippen LogP contribution in [-0.4, -0.2) is 90.2 Å². The number of hydrogen-bond acceptors (Lipinski definition) is 4. The van der Waals surface area contributed by atoms with E-state index >= 15 is 0 Å². The van der Waals surface area contributed by atoms with E-state index in [1.165, 1.54) is 0 Å². The van der Waals surface area contributed by atoms with Crippen LogP contribution in [0.5, 0.6) is 0 Å².